The van der Waals surface area contributed by atoms with Gasteiger partial charge in [-0.2, -0.15) is 0 Å². The molecule has 3 rings (SSSR count). The minimum absolute atomic E-state index is 0.298. The molecule has 1 heterocycles. The first kappa shape index (κ1) is 13.4. The molecule has 4 heteroatoms. The second-order valence-corrected chi connectivity index (χ2v) is 6.90. The van der Waals surface area contributed by atoms with Crippen molar-refractivity contribution in [1.29, 1.82) is 0 Å². The van der Waals surface area contributed by atoms with Gasteiger partial charge in [0.05, 0.1) is 0 Å². The normalized spacial score (nSPS) is 35.4. The van der Waals surface area contributed by atoms with Crippen molar-refractivity contribution in [2.24, 2.45) is 23.3 Å². The Morgan fingerprint density at radius 3 is 2.47 bits per heavy atom. The molecule has 0 aromatic rings. The zero-order chi connectivity index (χ0) is 13.5. The van der Waals surface area contributed by atoms with E-state index in [-0.39, 0.29) is 5.91 Å². The molecule has 19 heavy (non-hydrogen) atoms. The first-order valence-electron chi connectivity index (χ1n) is 7.94. The molecule has 2 aliphatic carbocycles. The van der Waals surface area contributed by atoms with Gasteiger partial charge in [0, 0.05) is 12.6 Å². The third-order valence-corrected chi connectivity index (χ3v) is 5.59. The van der Waals surface area contributed by atoms with Crippen LogP contribution in [0.1, 0.15) is 51.4 Å². The molecular formula is C15H27N3O. The molecule has 3 fully saturated rings. The molecule has 0 radical (unpaired) electrons. The fourth-order valence-corrected chi connectivity index (χ4v) is 4.27. The molecule has 2 saturated carbocycles. The molecule has 0 aromatic heterocycles. The molecule has 3 unspecified atom stereocenters. The Hall–Kier alpha value is -0.610. The van der Waals surface area contributed by atoms with E-state index in [0.29, 0.717) is 18.5 Å². The highest BCUT2D eigenvalue weighted by Gasteiger charge is 2.49. The number of amides is 1. The van der Waals surface area contributed by atoms with Gasteiger partial charge in [0.25, 0.3) is 0 Å². The van der Waals surface area contributed by atoms with Crippen LogP contribution in [0, 0.1) is 11.8 Å². The van der Waals surface area contributed by atoms with Crippen LogP contribution in [0.5, 0.6) is 0 Å². The quantitative estimate of drug-likeness (QED) is 0.803. The molecule has 0 aromatic carbocycles. The number of carbonyl (C=O) groups is 1. The zero-order valence-corrected chi connectivity index (χ0v) is 11.8. The fourth-order valence-electron chi connectivity index (χ4n) is 4.27. The molecule has 4 nitrogen and oxygen atoms in total. The lowest BCUT2D eigenvalue weighted by Crippen LogP contribution is -2.63. The molecule has 1 saturated heterocycles. The fraction of sp³-hybridized carbons (Fsp3) is 0.933. The molecule has 1 aliphatic heterocycles. The monoisotopic (exact) mass is 265 g/mol. The van der Waals surface area contributed by atoms with Gasteiger partial charge in [-0.3, -0.25) is 9.69 Å². The van der Waals surface area contributed by atoms with Crippen molar-refractivity contribution in [3.63, 3.8) is 0 Å². The lowest BCUT2D eigenvalue weighted by atomic mass is 9.77. The molecule has 1 amide bonds. The largest absolute Gasteiger partial charge is 0.368 e. The molecule has 0 bridgehead atoms. The van der Waals surface area contributed by atoms with Crippen molar-refractivity contribution in [3.8, 4) is 0 Å². The number of hydrogen-bond donors (Lipinski definition) is 2. The highest BCUT2D eigenvalue weighted by atomic mass is 16.1. The van der Waals surface area contributed by atoms with E-state index in [1.807, 2.05) is 0 Å². The lowest BCUT2D eigenvalue weighted by molar-refractivity contribution is -0.125. The maximum atomic E-state index is 11.8. The Bertz CT molecular complexity index is 353. The van der Waals surface area contributed by atoms with Gasteiger partial charge in [-0.05, 0) is 56.9 Å². The summed E-state index contributed by atoms with van der Waals surface area (Å²) >= 11 is 0. The highest BCUT2D eigenvalue weighted by Crippen LogP contribution is 2.41. The third-order valence-electron chi connectivity index (χ3n) is 5.59. The van der Waals surface area contributed by atoms with E-state index in [0.717, 1.165) is 25.3 Å². The van der Waals surface area contributed by atoms with Crippen LogP contribution < -0.4 is 11.5 Å². The lowest BCUT2D eigenvalue weighted by Gasteiger charge is -2.46. The average Bonchev–Trinajstić information content (AvgIpc) is 3.23. The summed E-state index contributed by atoms with van der Waals surface area (Å²) in [6.45, 7) is 1.79. The van der Waals surface area contributed by atoms with Crippen molar-refractivity contribution >= 4 is 5.91 Å². The molecule has 3 atom stereocenters. The van der Waals surface area contributed by atoms with Crippen molar-refractivity contribution < 1.29 is 4.79 Å². The Balaban J connectivity index is 1.71. The van der Waals surface area contributed by atoms with Crippen LogP contribution in [0.4, 0.5) is 0 Å². The standard InChI is InChI=1S/C15H27N3O/c16-14(19)15(17,12-7-8-12)10-18-9-3-5-11-4-1-2-6-13(11)18/h11-13H,1-10,17H2,(H2,16,19). The van der Waals surface area contributed by atoms with Gasteiger partial charge in [0.2, 0.25) is 5.91 Å². The summed E-state index contributed by atoms with van der Waals surface area (Å²) < 4.78 is 0. The summed E-state index contributed by atoms with van der Waals surface area (Å²) in [5, 5.41) is 0. The number of carbonyl (C=O) groups excluding carboxylic acids is 1. The summed E-state index contributed by atoms with van der Waals surface area (Å²) in [4.78, 5) is 14.3. The number of likely N-dealkylation sites (tertiary alicyclic amines) is 1. The first-order valence-corrected chi connectivity index (χ1v) is 7.94. The molecular weight excluding hydrogens is 238 g/mol. The Kier molecular flexibility index (Phi) is 3.56. The van der Waals surface area contributed by atoms with E-state index in [9.17, 15) is 4.79 Å². The van der Waals surface area contributed by atoms with Gasteiger partial charge in [-0.1, -0.05) is 12.8 Å². The predicted octanol–water partition coefficient (Wildman–Crippen LogP) is 1.23. The number of nitrogens with two attached hydrogens (primary N) is 2. The topological polar surface area (TPSA) is 72.3 Å². The molecule has 4 N–H and O–H groups in total. The van der Waals surface area contributed by atoms with Crippen LogP contribution in [0.2, 0.25) is 0 Å². The predicted molar refractivity (Wildman–Crippen MR) is 75.4 cm³/mol. The van der Waals surface area contributed by atoms with Gasteiger partial charge < -0.3 is 11.5 Å². The second-order valence-electron chi connectivity index (χ2n) is 6.90. The Morgan fingerprint density at radius 1 is 1.11 bits per heavy atom. The Labute approximate surface area is 115 Å². The summed E-state index contributed by atoms with van der Waals surface area (Å²) in [5.74, 6) is 0.862. The average molecular weight is 265 g/mol. The second kappa shape index (κ2) is 5.06. The van der Waals surface area contributed by atoms with Crippen LogP contribution in [0.25, 0.3) is 0 Å². The smallest absolute Gasteiger partial charge is 0.239 e. The minimum Gasteiger partial charge on any atom is -0.368 e. The van der Waals surface area contributed by atoms with E-state index in [1.165, 1.54) is 38.5 Å². The van der Waals surface area contributed by atoms with Gasteiger partial charge >= 0.3 is 0 Å². The van der Waals surface area contributed by atoms with Crippen molar-refractivity contribution in [2.75, 3.05) is 13.1 Å². The number of primary amides is 1. The number of hydrogen-bond acceptors (Lipinski definition) is 3. The van der Waals surface area contributed by atoms with Gasteiger partial charge in [0.15, 0.2) is 0 Å². The minimum atomic E-state index is -0.778. The number of nitrogens with zero attached hydrogens (tertiary/aromatic N) is 1. The van der Waals surface area contributed by atoms with E-state index in [4.69, 9.17) is 11.5 Å². The maximum absolute atomic E-state index is 11.8. The molecule has 0 spiro atoms. The summed E-state index contributed by atoms with van der Waals surface area (Å²) in [6.07, 6.45) is 10.1. The number of rotatable bonds is 4. The van der Waals surface area contributed by atoms with Crippen molar-refractivity contribution in [1.82, 2.24) is 4.90 Å². The maximum Gasteiger partial charge on any atom is 0.239 e. The van der Waals surface area contributed by atoms with Crippen molar-refractivity contribution in [2.45, 2.75) is 62.9 Å². The third kappa shape index (κ3) is 2.52. The van der Waals surface area contributed by atoms with Crippen LogP contribution in [-0.2, 0) is 4.79 Å². The molecule has 3 aliphatic rings. The highest BCUT2D eigenvalue weighted by molar-refractivity contribution is 5.85. The number of piperidine rings is 1. The van der Waals surface area contributed by atoms with E-state index >= 15 is 0 Å². The summed E-state index contributed by atoms with van der Waals surface area (Å²) in [5.41, 5.74) is 11.2. The zero-order valence-electron chi connectivity index (χ0n) is 11.8. The molecule has 108 valence electrons. The number of fused-ring (bicyclic) bond motifs is 1. The van der Waals surface area contributed by atoms with Gasteiger partial charge in [-0.25, -0.2) is 0 Å². The van der Waals surface area contributed by atoms with E-state index in [2.05, 4.69) is 4.90 Å². The Morgan fingerprint density at radius 2 is 1.79 bits per heavy atom. The van der Waals surface area contributed by atoms with Crippen LogP contribution >= 0.6 is 0 Å². The SMILES string of the molecule is NC(=O)C(N)(CN1CCCC2CCCCC21)C1CC1. The summed E-state index contributed by atoms with van der Waals surface area (Å²) in [7, 11) is 0. The summed E-state index contributed by atoms with van der Waals surface area (Å²) in [6, 6.07) is 0.656. The van der Waals surface area contributed by atoms with Gasteiger partial charge in [-0.15, -0.1) is 0 Å². The van der Waals surface area contributed by atoms with Gasteiger partial charge in [0.1, 0.15) is 5.54 Å². The van der Waals surface area contributed by atoms with Crippen molar-refractivity contribution in [3.05, 3.63) is 0 Å². The van der Waals surface area contributed by atoms with E-state index in [1.54, 1.807) is 0 Å². The van der Waals surface area contributed by atoms with Crippen LogP contribution in [0.3, 0.4) is 0 Å². The van der Waals surface area contributed by atoms with Crippen LogP contribution in [0.15, 0.2) is 0 Å². The van der Waals surface area contributed by atoms with Crippen LogP contribution in [-0.4, -0.2) is 35.5 Å². The first-order chi connectivity index (χ1) is 9.11. The van der Waals surface area contributed by atoms with E-state index < -0.39 is 5.54 Å².